The Balaban J connectivity index is 2.28. The Morgan fingerprint density at radius 3 is 3.11 bits per heavy atom. The normalized spacial score (nSPS) is 19.4. The Hall–Kier alpha value is -0.300. The quantitative estimate of drug-likeness (QED) is 0.554. The van der Waals surface area contributed by atoms with Gasteiger partial charge in [-0.2, -0.15) is 0 Å². The van der Waals surface area contributed by atoms with E-state index in [1.165, 1.54) is 25.8 Å². The molecule has 0 atom stereocenters. The van der Waals surface area contributed by atoms with E-state index in [0.717, 1.165) is 6.54 Å². The Labute approximate surface area is 57.1 Å². The Morgan fingerprint density at radius 2 is 2.56 bits per heavy atom. The summed E-state index contributed by atoms with van der Waals surface area (Å²) < 4.78 is 0. The van der Waals surface area contributed by atoms with Crippen molar-refractivity contribution in [1.29, 1.82) is 0 Å². The highest BCUT2D eigenvalue weighted by Gasteiger charge is 1.99. The predicted octanol–water partition coefficient (Wildman–Crippen LogP) is 1.71. The molecule has 1 rings (SSSR count). The van der Waals surface area contributed by atoms with Crippen molar-refractivity contribution in [2.75, 3.05) is 13.1 Å². The standard InChI is InChI=1S/C8H15N/c1-2-4-8-5-3-6-9-7-8/h5,9H,2-4,6-7H2,1H3. The van der Waals surface area contributed by atoms with Gasteiger partial charge < -0.3 is 5.32 Å². The lowest BCUT2D eigenvalue weighted by Crippen LogP contribution is -2.21. The van der Waals surface area contributed by atoms with Gasteiger partial charge in [0.2, 0.25) is 0 Å². The van der Waals surface area contributed by atoms with E-state index < -0.39 is 0 Å². The van der Waals surface area contributed by atoms with Crippen LogP contribution in [0.3, 0.4) is 0 Å². The van der Waals surface area contributed by atoms with Gasteiger partial charge in [0.25, 0.3) is 0 Å². The summed E-state index contributed by atoms with van der Waals surface area (Å²) >= 11 is 0. The summed E-state index contributed by atoms with van der Waals surface area (Å²) in [5, 5.41) is 3.35. The average Bonchev–Trinajstić information content (AvgIpc) is 1.91. The molecule has 1 heteroatoms. The van der Waals surface area contributed by atoms with Crippen molar-refractivity contribution in [2.24, 2.45) is 0 Å². The lowest BCUT2D eigenvalue weighted by Gasteiger charge is -2.12. The van der Waals surface area contributed by atoms with Crippen LogP contribution in [-0.2, 0) is 0 Å². The molecular weight excluding hydrogens is 110 g/mol. The maximum atomic E-state index is 3.35. The first-order valence-corrected chi connectivity index (χ1v) is 3.82. The Kier molecular flexibility index (Phi) is 2.78. The third-order valence-electron chi connectivity index (χ3n) is 1.68. The van der Waals surface area contributed by atoms with Gasteiger partial charge in [0, 0.05) is 6.54 Å². The van der Waals surface area contributed by atoms with E-state index in [1.807, 2.05) is 0 Å². The van der Waals surface area contributed by atoms with E-state index in [9.17, 15) is 0 Å². The second-order valence-electron chi connectivity index (χ2n) is 2.58. The molecule has 0 spiro atoms. The van der Waals surface area contributed by atoms with Gasteiger partial charge >= 0.3 is 0 Å². The van der Waals surface area contributed by atoms with Crippen LogP contribution < -0.4 is 5.32 Å². The summed E-state index contributed by atoms with van der Waals surface area (Å²) in [7, 11) is 0. The minimum absolute atomic E-state index is 1.13. The van der Waals surface area contributed by atoms with E-state index in [2.05, 4.69) is 18.3 Å². The summed E-state index contributed by atoms with van der Waals surface area (Å²) in [5.74, 6) is 0. The van der Waals surface area contributed by atoms with Crippen molar-refractivity contribution in [1.82, 2.24) is 5.32 Å². The van der Waals surface area contributed by atoms with Crippen LogP contribution in [-0.4, -0.2) is 13.1 Å². The first-order valence-electron chi connectivity index (χ1n) is 3.82. The molecule has 1 aliphatic heterocycles. The van der Waals surface area contributed by atoms with E-state index in [-0.39, 0.29) is 0 Å². The third-order valence-corrected chi connectivity index (χ3v) is 1.68. The van der Waals surface area contributed by atoms with Crippen LogP contribution in [0.4, 0.5) is 0 Å². The maximum Gasteiger partial charge on any atom is 0.0164 e. The molecule has 1 N–H and O–H groups in total. The number of nitrogens with one attached hydrogen (secondary N) is 1. The van der Waals surface area contributed by atoms with Gasteiger partial charge in [-0.05, 0) is 19.4 Å². The molecule has 0 fully saturated rings. The van der Waals surface area contributed by atoms with E-state index in [1.54, 1.807) is 5.57 Å². The molecule has 0 unspecified atom stereocenters. The van der Waals surface area contributed by atoms with Crippen molar-refractivity contribution in [2.45, 2.75) is 26.2 Å². The molecular formula is C8H15N. The zero-order valence-corrected chi connectivity index (χ0v) is 6.11. The van der Waals surface area contributed by atoms with Crippen molar-refractivity contribution < 1.29 is 0 Å². The Bertz CT molecular complexity index is 105. The minimum atomic E-state index is 1.13. The fourth-order valence-corrected chi connectivity index (χ4v) is 1.21. The second-order valence-corrected chi connectivity index (χ2v) is 2.58. The van der Waals surface area contributed by atoms with Gasteiger partial charge in [-0.1, -0.05) is 25.0 Å². The molecule has 0 saturated heterocycles. The molecule has 9 heavy (non-hydrogen) atoms. The zero-order valence-electron chi connectivity index (χ0n) is 6.11. The first-order chi connectivity index (χ1) is 4.43. The number of rotatable bonds is 2. The van der Waals surface area contributed by atoms with Crippen LogP contribution in [0.15, 0.2) is 11.6 Å². The number of hydrogen-bond acceptors (Lipinski definition) is 1. The molecule has 0 aromatic rings. The van der Waals surface area contributed by atoms with Crippen LogP contribution in [0.25, 0.3) is 0 Å². The zero-order chi connectivity index (χ0) is 6.53. The maximum absolute atomic E-state index is 3.35. The number of hydrogen-bond donors (Lipinski definition) is 1. The highest BCUT2D eigenvalue weighted by Crippen LogP contribution is 2.07. The fourth-order valence-electron chi connectivity index (χ4n) is 1.21. The van der Waals surface area contributed by atoms with E-state index >= 15 is 0 Å². The summed E-state index contributed by atoms with van der Waals surface area (Å²) in [6.45, 7) is 4.54. The van der Waals surface area contributed by atoms with Crippen LogP contribution in [0.1, 0.15) is 26.2 Å². The molecule has 0 aliphatic carbocycles. The summed E-state index contributed by atoms with van der Waals surface area (Å²) in [5.41, 5.74) is 1.60. The molecule has 0 radical (unpaired) electrons. The predicted molar refractivity (Wildman–Crippen MR) is 40.5 cm³/mol. The van der Waals surface area contributed by atoms with E-state index in [0.29, 0.717) is 0 Å². The van der Waals surface area contributed by atoms with Crippen LogP contribution in [0.2, 0.25) is 0 Å². The second kappa shape index (κ2) is 3.67. The summed E-state index contributed by atoms with van der Waals surface area (Å²) in [4.78, 5) is 0. The van der Waals surface area contributed by atoms with Gasteiger partial charge in [0.05, 0.1) is 0 Å². The van der Waals surface area contributed by atoms with Gasteiger partial charge in [-0.25, -0.2) is 0 Å². The third kappa shape index (κ3) is 2.19. The monoisotopic (exact) mass is 125 g/mol. The molecule has 52 valence electrons. The highest BCUT2D eigenvalue weighted by atomic mass is 14.9. The van der Waals surface area contributed by atoms with Gasteiger partial charge in [-0.3, -0.25) is 0 Å². The lowest BCUT2D eigenvalue weighted by molar-refractivity contribution is 0.673. The smallest absolute Gasteiger partial charge is 0.0164 e. The molecule has 0 amide bonds. The van der Waals surface area contributed by atoms with Crippen LogP contribution in [0, 0.1) is 0 Å². The fraction of sp³-hybridized carbons (Fsp3) is 0.750. The van der Waals surface area contributed by atoms with Crippen molar-refractivity contribution in [3.8, 4) is 0 Å². The van der Waals surface area contributed by atoms with Crippen molar-refractivity contribution in [3.05, 3.63) is 11.6 Å². The minimum Gasteiger partial charge on any atom is -0.313 e. The molecule has 1 nitrogen and oxygen atoms in total. The Morgan fingerprint density at radius 1 is 1.67 bits per heavy atom. The van der Waals surface area contributed by atoms with Crippen LogP contribution in [0.5, 0.6) is 0 Å². The topological polar surface area (TPSA) is 12.0 Å². The van der Waals surface area contributed by atoms with Gasteiger partial charge in [0.1, 0.15) is 0 Å². The van der Waals surface area contributed by atoms with Gasteiger partial charge in [0.15, 0.2) is 0 Å². The summed E-state index contributed by atoms with van der Waals surface area (Å²) in [6.07, 6.45) is 6.18. The van der Waals surface area contributed by atoms with Gasteiger partial charge in [-0.15, -0.1) is 0 Å². The molecule has 0 aromatic carbocycles. The SMILES string of the molecule is CCCC1=CCCNC1. The van der Waals surface area contributed by atoms with E-state index in [4.69, 9.17) is 0 Å². The van der Waals surface area contributed by atoms with Crippen molar-refractivity contribution in [3.63, 3.8) is 0 Å². The largest absolute Gasteiger partial charge is 0.313 e. The lowest BCUT2D eigenvalue weighted by atomic mass is 10.1. The van der Waals surface area contributed by atoms with Crippen LogP contribution >= 0.6 is 0 Å². The average molecular weight is 125 g/mol. The first kappa shape index (κ1) is 6.81. The highest BCUT2D eigenvalue weighted by molar-refractivity contribution is 5.06. The molecule has 0 saturated carbocycles. The molecule has 1 heterocycles. The van der Waals surface area contributed by atoms with Crippen molar-refractivity contribution >= 4 is 0 Å². The molecule has 0 aromatic heterocycles. The molecule has 1 aliphatic rings. The molecule has 0 bridgehead atoms. The summed E-state index contributed by atoms with van der Waals surface area (Å²) in [6, 6.07) is 0.